The predicted octanol–water partition coefficient (Wildman–Crippen LogP) is 9.77. The van der Waals surface area contributed by atoms with Crippen molar-refractivity contribution in [3.8, 4) is 57.8 Å². The third-order valence-electron chi connectivity index (χ3n) is 6.80. The van der Waals surface area contributed by atoms with E-state index in [0.29, 0.717) is 61.3 Å². The second-order valence-corrected chi connectivity index (χ2v) is 12.5. The molecular formula is C40H36Cl2N4O7. The van der Waals surface area contributed by atoms with Crippen LogP contribution in [0.4, 0.5) is 0 Å². The summed E-state index contributed by atoms with van der Waals surface area (Å²) in [4.78, 5) is 0. The molecule has 0 aliphatic carbocycles. The van der Waals surface area contributed by atoms with Crippen LogP contribution < -0.4 is 14.2 Å². The first kappa shape index (κ1) is 39.8. The van der Waals surface area contributed by atoms with Crippen LogP contribution in [0.25, 0.3) is 22.6 Å². The molecule has 6 rings (SSSR count). The van der Waals surface area contributed by atoms with Crippen LogP contribution in [0, 0.1) is 22.7 Å². The number of aromatic nitrogens is 2. The standard InChI is InChI=1S/C20H17ClN2O3.C13H14ClNO3.C7H5NO/c1-13(2)25-19-8-5-15(9-18(19)21)20-10-16(23-26-20)12-24-17-6-3-14(11-22)4-7-17;1-8(2)17-12-4-3-9(5-11(12)14)13-6-10(7-16)15-18-13;8-5-6-1-3-7(9)4-2-6/h3-10,13H,12H2,1-2H3;3-6,8,16H,7H2,1-2H3;1-4,9H. The number of nitrogens with zero attached hydrogens (tertiary/aromatic N) is 4. The summed E-state index contributed by atoms with van der Waals surface area (Å²) in [6.45, 7) is 7.88. The quantitative estimate of drug-likeness (QED) is 0.137. The highest BCUT2D eigenvalue weighted by molar-refractivity contribution is 6.32. The van der Waals surface area contributed by atoms with Crippen LogP contribution in [0.15, 0.2) is 106 Å². The minimum Gasteiger partial charge on any atom is -0.508 e. The van der Waals surface area contributed by atoms with E-state index in [2.05, 4.69) is 16.4 Å². The molecule has 11 nitrogen and oxygen atoms in total. The molecule has 272 valence electrons. The average molecular weight is 756 g/mol. The van der Waals surface area contributed by atoms with Gasteiger partial charge < -0.3 is 33.5 Å². The normalized spacial score (nSPS) is 10.3. The predicted molar refractivity (Wildman–Crippen MR) is 200 cm³/mol. The molecule has 0 aliphatic heterocycles. The van der Waals surface area contributed by atoms with E-state index in [-0.39, 0.29) is 31.2 Å². The number of hydrogen-bond acceptors (Lipinski definition) is 11. The topological polar surface area (TPSA) is 168 Å². The molecule has 0 radical (unpaired) electrons. The maximum absolute atomic E-state index is 8.93. The molecule has 0 bridgehead atoms. The highest BCUT2D eigenvalue weighted by atomic mass is 35.5. The molecule has 0 atom stereocenters. The lowest BCUT2D eigenvalue weighted by Gasteiger charge is -2.11. The van der Waals surface area contributed by atoms with Gasteiger partial charge in [-0.05, 0) is 113 Å². The van der Waals surface area contributed by atoms with Crippen molar-refractivity contribution in [2.75, 3.05) is 0 Å². The van der Waals surface area contributed by atoms with Crippen molar-refractivity contribution in [3.63, 3.8) is 0 Å². The van der Waals surface area contributed by atoms with Gasteiger partial charge in [-0.2, -0.15) is 10.5 Å². The molecule has 0 saturated heterocycles. The van der Waals surface area contributed by atoms with E-state index in [4.69, 9.17) is 67.2 Å². The first-order valence-electron chi connectivity index (χ1n) is 16.2. The Hall–Kier alpha value is -5.98. The van der Waals surface area contributed by atoms with Crippen LogP contribution in [-0.2, 0) is 13.2 Å². The van der Waals surface area contributed by atoms with Crippen LogP contribution >= 0.6 is 23.2 Å². The van der Waals surface area contributed by atoms with Crippen molar-refractivity contribution in [1.29, 1.82) is 10.5 Å². The molecule has 0 saturated carbocycles. The monoisotopic (exact) mass is 754 g/mol. The summed E-state index contributed by atoms with van der Waals surface area (Å²) in [6, 6.07) is 31.3. The van der Waals surface area contributed by atoms with Gasteiger partial charge in [-0.15, -0.1) is 0 Å². The van der Waals surface area contributed by atoms with E-state index < -0.39 is 0 Å². The van der Waals surface area contributed by atoms with E-state index >= 15 is 0 Å². The first-order chi connectivity index (χ1) is 25.5. The van der Waals surface area contributed by atoms with Crippen LogP contribution in [0.2, 0.25) is 10.0 Å². The summed E-state index contributed by atoms with van der Waals surface area (Å²) in [5, 5.41) is 43.5. The summed E-state index contributed by atoms with van der Waals surface area (Å²) < 4.78 is 27.3. The second kappa shape index (κ2) is 19.6. The third kappa shape index (κ3) is 12.3. The molecule has 0 aliphatic rings. The number of phenolic OH excluding ortho intramolecular Hbond substituents is 1. The zero-order valence-corrected chi connectivity index (χ0v) is 30.8. The number of rotatable bonds is 10. The summed E-state index contributed by atoms with van der Waals surface area (Å²) in [5.41, 5.74) is 3.90. The van der Waals surface area contributed by atoms with Gasteiger partial charge in [0.25, 0.3) is 0 Å². The molecular weight excluding hydrogens is 719 g/mol. The molecule has 13 heteroatoms. The number of halogens is 2. The Morgan fingerprint density at radius 1 is 0.660 bits per heavy atom. The van der Waals surface area contributed by atoms with E-state index in [1.807, 2.05) is 52.0 Å². The largest absolute Gasteiger partial charge is 0.508 e. The molecule has 53 heavy (non-hydrogen) atoms. The first-order valence-corrected chi connectivity index (χ1v) is 17.0. The average Bonchev–Trinajstić information content (AvgIpc) is 3.84. The molecule has 6 aromatic rings. The number of aliphatic hydroxyl groups excluding tert-OH is 1. The fraction of sp³-hybridized carbons (Fsp3) is 0.200. The fourth-order valence-electron chi connectivity index (χ4n) is 4.36. The van der Waals surface area contributed by atoms with E-state index in [0.717, 1.165) is 11.1 Å². The van der Waals surface area contributed by atoms with Crippen LogP contribution in [-0.4, -0.2) is 32.7 Å². The van der Waals surface area contributed by atoms with E-state index in [1.165, 1.54) is 12.1 Å². The summed E-state index contributed by atoms with van der Waals surface area (Å²) in [6.07, 6.45) is 0.120. The third-order valence-corrected chi connectivity index (χ3v) is 7.40. The number of ether oxygens (including phenoxy) is 3. The van der Waals surface area contributed by atoms with E-state index in [1.54, 1.807) is 66.7 Å². The van der Waals surface area contributed by atoms with Crippen LogP contribution in [0.5, 0.6) is 23.0 Å². The van der Waals surface area contributed by atoms with Crippen molar-refractivity contribution in [2.24, 2.45) is 0 Å². The van der Waals surface area contributed by atoms with Gasteiger partial charge in [0.2, 0.25) is 0 Å². The van der Waals surface area contributed by atoms with Gasteiger partial charge >= 0.3 is 0 Å². The Morgan fingerprint density at radius 3 is 1.53 bits per heavy atom. The Morgan fingerprint density at radius 2 is 1.11 bits per heavy atom. The van der Waals surface area contributed by atoms with Gasteiger partial charge in [-0.1, -0.05) is 33.5 Å². The van der Waals surface area contributed by atoms with Crippen molar-refractivity contribution in [1.82, 2.24) is 10.3 Å². The number of phenols is 1. The molecule has 2 heterocycles. The lowest BCUT2D eigenvalue weighted by molar-refractivity contribution is 0.242. The number of hydrogen-bond donors (Lipinski definition) is 2. The minimum atomic E-state index is -0.147. The molecule has 0 fully saturated rings. The Balaban J connectivity index is 0.000000200. The zero-order valence-electron chi connectivity index (χ0n) is 29.3. The zero-order chi connectivity index (χ0) is 38.3. The highest BCUT2D eigenvalue weighted by Crippen LogP contribution is 2.33. The summed E-state index contributed by atoms with van der Waals surface area (Å²) in [7, 11) is 0. The Labute approximate surface area is 317 Å². The molecule has 4 aromatic carbocycles. The van der Waals surface area contributed by atoms with Gasteiger partial charge in [0.05, 0.1) is 52.1 Å². The summed E-state index contributed by atoms with van der Waals surface area (Å²) >= 11 is 12.4. The number of benzene rings is 4. The van der Waals surface area contributed by atoms with Gasteiger partial charge in [0.15, 0.2) is 11.5 Å². The maximum atomic E-state index is 8.93. The molecule has 0 unspecified atom stereocenters. The second-order valence-electron chi connectivity index (χ2n) is 11.7. The Kier molecular flexibility index (Phi) is 14.7. The maximum Gasteiger partial charge on any atom is 0.167 e. The van der Waals surface area contributed by atoms with Crippen molar-refractivity contribution in [2.45, 2.75) is 53.1 Å². The summed E-state index contributed by atoms with van der Waals surface area (Å²) in [5.74, 6) is 3.28. The van der Waals surface area contributed by atoms with Gasteiger partial charge in [0, 0.05) is 23.3 Å². The van der Waals surface area contributed by atoms with Gasteiger partial charge in [-0.25, -0.2) is 0 Å². The molecule has 2 aromatic heterocycles. The van der Waals surface area contributed by atoms with Crippen molar-refractivity contribution >= 4 is 23.2 Å². The van der Waals surface area contributed by atoms with Gasteiger partial charge in [0.1, 0.15) is 41.0 Å². The van der Waals surface area contributed by atoms with Crippen molar-refractivity contribution < 1.29 is 33.5 Å². The van der Waals surface area contributed by atoms with E-state index in [9.17, 15) is 0 Å². The lowest BCUT2D eigenvalue weighted by Crippen LogP contribution is -2.05. The molecule has 0 amide bonds. The minimum absolute atomic E-state index is 0.0506. The Bertz CT molecular complexity index is 2150. The van der Waals surface area contributed by atoms with Crippen LogP contribution in [0.1, 0.15) is 50.2 Å². The van der Waals surface area contributed by atoms with Gasteiger partial charge in [-0.3, -0.25) is 0 Å². The number of nitriles is 2. The van der Waals surface area contributed by atoms with Crippen molar-refractivity contribution in [3.05, 3.63) is 130 Å². The number of aromatic hydroxyl groups is 1. The fourth-order valence-corrected chi connectivity index (χ4v) is 4.81. The molecule has 2 N–H and O–H groups in total. The SMILES string of the molecule is CC(C)Oc1ccc(-c2cc(CO)no2)cc1Cl.CC(C)Oc1ccc(-c2cc(COc3ccc(C#N)cc3)no2)cc1Cl.N#Cc1ccc(O)cc1. The molecule has 0 spiro atoms. The van der Waals surface area contributed by atoms with Crippen LogP contribution in [0.3, 0.4) is 0 Å². The highest BCUT2D eigenvalue weighted by Gasteiger charge is 2.12. The smallest absolute Gasteiger partial charge is 0.167 e. The number of aliphatic hydroxyl groups is 1. The lowest BCUT2D eigenvalue weighted by atomic mass is 10.1.